The van der Waals surface area contributed by atoms with Gasteiger partial charge in [0.1, 0.15) is 5.82 Å². The largest absolute Gasteiger partial charge is 0.416 e. The maximum absolute atomic E-state index is 12.8. The molecule has 3 N–H and O–H groups in total. The summed E-state index contributed by atoms with van der Waals surface area (Å²) in [6.07, 6.45) is -2.93. The highest BCUT2D eigenvalue weighted by atomic mass is 19.4. The van der Waals surface area contributed by atoms with Crippen LogP contribution in [0.15, 0.2) is 30.5 Å². The number of nitrogens with zero attached hydrogens (tertiary/aromatic N) is 1. The maximum Gasteiger partial charge on any atom is 0.416 e. The molecule has 23 heavy (non-hydrogen) atoms. The van der Waals surface area contributed by atoms with Crippen molar-refractivity contribution in [3.63, 3.8) is 0 Å². The lowest BCUT2D eigenvalue weighted by atomic mass is 10.1. The lowest BCUT2D eigenvalue weighted by Crippen LogP contribution is -2.57. The van der Waals surface area contributed by atoms with Crippen LogP contribution < -0.4 is 16.0 Å². The van der Waals surface area contributed by atoms with Crippen LogP contribution in [0.25, 0.3) is 10.8 Å². The number of rotatable bonds is 4. The van der Waals surface area contributed by atoms with Gasteiger partial charge in [-0.2, -0.15) is 13.2 Å². The van der Waals surface area contributed by atoms with Crippen molar-refractivity contribution in [2.24, 2.45) is 0 Å². The summed E-state index contributed by atoms with van der Waals surface area (Å²) in [4.78, 5) is 15.8. The number of anilines is 1. The number of aromatic nitrogens is 1. The Bertz CT molecular complexity index is 728. The van der Waals surface area contributed by atoms with Gasteiger partial charge in [-0.1, -0.05) is 6.07 Å². The third-order valence-electron chi connectivity index (χ3n) is 3.66. The lowest BCUT2D eigenvalue weighted by Gasteiger charge is -2.28. The number of alkyl halides is 3. The fourth-order valence-electron chi connectivity index (χ4n) is 2.32. The minimum Gasteiger partial charge on any atom is -0.360 e. The van der Waals surface area contributed by atoms with Gasteiger partial charge in [-0.3, -0.25) is 4.79 Å². The highest BCUT2D eigenvalue weighted by Crippen LogP contribution is 2.32. The number of amides is 1. The van der Waals surface area contributed by atoms with Crippen LogP contribution in [0.3, 0.4) is 0 Å². The minimum atomic E-state index is -4.42. The molecule has 2 heterocycles. The van der Waals surface area contributed by atoms with Gasteiger partial charge < -0.3 is 16.0 Å². The predicted octanol–water partition coefficient (Wildman–Crippen LogP) is 1.75. The minimum absolute atomic E-state index is 0.0428. The molecule has 0 bridgehead atoms. The second kappa shape index (κ2) is 6.04. The topological polar surface area (TPSA) is 66.0 Å². The van der Waals surface area contributed by atoms with E-state index in [0.29, 0.717) is 10.8 Å². The monoisotopic (exact) mass is 324 g/mol. The van der Waals surface area contributed by atoms with Crippen molar-refractivity contribution in [3.05, 3.63) is 36.0 Å². The van der Waals surface area contributed by atoms with Gasteiger partial charge in [0.15, 0.2) is 0 Å². The molecule has 1 fully saturated rings. The zero-order chi connectivity index (χ0) is 16.4. The molecule has 0 unspecified atom stereocenters. The predicted molar refractivity (Wildman–Crippen MR) is 80.0 cm³/mol. The first-order chi connectivity index (χ1) is 10.9. The molecular weight excluding hydrogens is 309 g/mol. The van der Waals surface area contributed by atoms with Gasteiger partial charge in [-0.15, -0.1) is 0 Å². The van der Waals surface area contributed by atoms with Crippen molar-refractivity contribution in [2.45, 2.75) is 12.2 Å². The molecule has 1 aliphatic heterocycles. The van der Waals surface area contributed by atoms with Crippen molar-refractivity contribution in [1.29, 1.82) is 0 Å². The van der Waals surface area contributed by atoms with E-state index in [1.165, 1.54) is 12.3 Å². The van der Waals surface area contributed by atoms with E-state index in [1.54, 1.807) is 6.07 Å². The summed E-state index contributed by atoms with van der Waals surface area (Å²) >= 11 is 0. The van der Waals surface area contributed by atoms with Crippen molar-refractivity contribution in [2.75, 3.05) is 25.0 Å². The van der Waals surface area contributed by atoms with Crippen LogP contribution in [0.2, 0.25) is 0 Å². The Morgan fingerprint density at radius 2 is 2.09 bits per heavy atom. The third kappa shape index (κ3) is 3.53. The molecule has 2 aromatic rings. The number of carbonyl (C=O) groups excluding carboxylic acids is 1. The van der Waals surface area contributed by atoms with Gasteiger partial charge in [-0.05, 0) is 23.6 Å². The highest BCUT2D eigenvalue weighted by Gasteiger charge is 2.30. The van der Waals surface area contributed by atoms with E-state index in [-0.39, 0.29) is 24.3 Å². The van der Waals surface area contributed by atoms with Gasteiger partial charge in [0.25, 0.3) is 0 Å². The van der Waals surface area contributed by atoms with Gasteiger partial charge in [0.05, 0.1) is 18.2 Å². The molecule has 1 saturated heterocycles. The molecule has 0 saturated carbocycles. The number of hydrogen-bond acceptors (Lipinski definition) is 4. The lowest BCUT2D eigenvalue weighted by molar-refractivity contribution is -0.137. The molecule has 0 spiro atoms. The van der Waals surface area contributed by atoms with Crippen molar-refractivity contribution >= 4 is 22.5 Å². The van der Waals surface area contributed by atoms with Crippen LogP contribution in [0, 0.1) is 0 Å². The van der Waals surface area contributed by atoms with E-state index in [1.807, 2.05) is 0 Å². The second-order valence-corrected chi connectivity index (χ2v) is 5.37. The number of fused-ring (bicyclic) bond motifs is 1. The first-order valence-corrected chi connectivity index (χ1v) is 7.13. The van der Waals surface area contributed by atoms with Gasteiger partial charge >= 0.3 is 6.18 Å². The number of carbonyl (C=O) groups is 1. The van der Waals surface area contributed by atoms with Crippen LogP contribution in [-0.4, -0.2) is 36.6 Å². The number of benzene rings is 1. The van der Waals surface area contributed by atoms with Crippen molar-refractivity contribution in [3.8, 4) is 0 Å². The quantitative estimate of drug-likeness (QED) is 0.802. The number of nitrogens with one attached hydrogen (secondary N) is 3. The molecule has 8 heteroatoms. The normalized spacial score (nSPS) is 15.3. The molecule has 1 aromatic heterocycles. The molecular formula is C15H15F3N4O. The fourth-order valence-corrected chi connectivity index (χ4v) is 2.32. The summed E-state index contributed by atoms with van der Waals surface area (Å²) in [6, 6.07) is 5.20. The second-order valence-electron chi connectivity index (χ2n) is 5.37. The number of halogens is 3. The summed E-state index contributed by atoms with van der Waals surface area (Å²) in [7, 11) is 0. The zero-order valence-electron chi connectivity index (χ0n) is 12.1. The van der Waals surface area contributed by atoms with E-state index in [9.17, 15) is 18.0 Å². The Labute approximate surface area is 130 Å². The van der Waals surface area contributed by atoms with Crippen molar-refractivity contribution < 1.29 is 18.0 Å². The summed E-state index contributed by atoms with van der Waals surface area (Å²) in [5.41, 5.74) is -0.744. The van der Waals surface area contributed by atoms with E-state index < -0.39 is 11.7 Å². The van der Waals surface area contributed by atoms with E-state index in [2.05, 4.69) is 20.9 Å². The summed E-state index contributed by atoms with van der Waals surface area (Å²) in [6.45, 7) is 1.42. The molecule has 0 aliphatic carbocycles. The Kier molecular flexibility index (Phi) is 4.08. The fraction of sp³-hybridized carbons (Fsp3) is 0.333. The van der Waals surface area contributed by atoms with E-state index >= 15 is 0 Å². The van der Waals surface area contributed by atoms with Gasteiger partial charge in [0, 0.05) is 24.7 Å². The summed E-state index contributed by atoms with van der Waals surface area (Å²) in [5.74, 6) is 0.0396. The SMILES string of the molecule is O=C(CNc1nccc2ccc(C(F)(F)F)cc12)NC1CNC1. The molecule has 0 atom stereocenters. The third-order valence-corrected chi connectivity index (χ3v) is 3.66. The van der Waals surface area contributed by atoms with Crippen LogP contribution in [0.4, 0.5) is 19.0 Å². The Morgan fingerprint density at radius 1 is 1.30 bits per heavy atom. The van der Waals surface area contributed by atoms with E-state index in [4.69, 9.17) is 0 Å². The van der Waals surface area contributed by atoms with Crippen LogP contribution in [0.1, 0.15) is 5.56 Å². The Morgan fingerprint density at radius 3 is 2.74 bits per heavy atom. The molecule has 5 nitrogen and oxygen atoms in total. The van der Waals surface area contributed by atoms with Crippen molar-refractivity contribution in [1.82, 2.24) is 15.6 Å². The number of hydrogen-bond donors (Lipinski definition) is 3. The van der Waals surface area contributed by atoms with Crippen LogP contribution >= 0.6 is 0 Å². The van der Waals surface area contributed by atoms with Gasteiger partial charge in [-0.25, -0.2) is 4.98 Å². The summed E-state index contributed by atoms with van der Waals surface area (Å²) < 4.78 is 38.5. The standard InChI is InChI=1S/C15H15F3N4O/c16-15(17,18)10-2-1-9-3-4-20-14(12(9)5-10)21-8-13(23)22-11-6-19-7-11/h1-5,11,19H,6-8H2,(H,20,21)(H,22,23). The molecule has 1 aliphatic rings. The smallest absolute Gasteiger partial charge is 0.360 e. The van der Waals surface area contributed by atoms with Gasteiger partial charge in [0.2, 0.25) is 5.91 Å². The maximum atomic E-state index is 12.8. The van der Waals surface area contributed by atoms with Crippen LogP contribution in [-0.2, 0) is 11.0 Å². The van der Waals surface area contributed by atoms with Crippen LogP contribution in [0.5, 0.6) is 0 Å². The average Bonchev–Trinajstić information content (AvgIpc) is 2.47. The first-order valence-electron chi connectivity index (χ1n) is 7.13. The first kappa shape index (κ1) is 15.5. The molecule has 1 amide bonds. The highest BCUT2D eigenvalue weighted by molar-refractivity contribution is 5.93. The molecule has 1 aromatic carbocycles. The molecule has 3 rings (SSSR count). The van der Waals surface area contributed by atoms with E-state index in [0.717, 1.165) is 25.2 Å². The molecule has 0 radical (unpaired) electrons. The zero-order valence-corrected chi connectivity index (χ0v) is 12.1. The Hall–Kier alpha value is -2.35. The average molecular weight is 324 g/mol. The number of pyridine rings is 1. The molecule has 122 valence electrons. The summed E-state index contributed by atoms with van der Waals surface area (Å²) in [5, 5.41) is 9.60. The Balaban J connectivity index is 1.77.